The molecule has 0 fully saturated rings. The molecule has 1 unspecified atom stereocenters. The first-order valence-corrected chi connectivity index (χ1v) is 7.17. The van der Waals surface area contributed by atoms with Crippen LogP contribution in [0.25, 0.3) is 0 Å². The molecule has 14 heavy (non-hydrogen) atoms. The first kappa shape index (κ1) is 9.76. The zero-order valence-electron chi connectivity index (χ0n) is 7.76. The third-order valence-electron chi connectivity index (χ3n) is 1.99. The maximum absolute atomic E-state index is 2.91. The van der Waals surface area contributed by atoms with Gasteiger partial charge in [-0.1, -0.05) is 36.4 Å². The molecule has 0 aromatic heterocycles. The molecule has 0 amide bonds. The Bertz CT molecular complexity index is 346. The summed E-state index contributed by atoms with van der Waals surface area (Å²) < 4.78 is 0. The zero-order chi connectivity index (χ0) is 9.80. The van der Waals surface area contributed by atoms with Gasteiger partial charge >= 0.3 is 0 Å². The first-order chi connectivity index (χ1) is 6.88. The minimum atomic E-state index is 0.120. The summed E-state index contributed by atoms with van der Waals surface area (Å²) in [5.41, 5.74) is 0. The van der Waals surface area contributed by atoms with Crippen molar-refractivity contribution < 1.29 is 0 Å². The highest BCUT2D eigenvalue weighted by molar-refractivity contribution is 8.41. The van der Waals surface area contributed by atoms with Crippen molar-refractivity contribution in [3.8, 4) is 0 Å². The van der Waals surface area contributed by atoms with Crippen LogP contribution in [0.4, 0.5) is 0 Å². The molecule has 0 nitrogen and oxygen atoms in total. The first-order valence-electron chi connectivity index (χ1n) is 4.47. The van der Waals surface area contributed by atoms with Gasteiger partial charge in [0.25, 0.3) is 0 Å². The smallest absolute Gasteiger partial charge is 0.0619 e. The highest BCUT2D eigenvalue weighted by Gasteiger charge is 2.17. The van der Waals surface area contributed by atoms with E-state index in [2.05, 4.69) is 69.1 Å². The van der Waals surface area contributed by atoms with Gasteiger partial charge in [0, 0.05) is 0 Å². The second kappa shape index (κ2) is 4.63. The lowest BCUT2D eigenvalue weighted by molar-refractivity contribution is 1.40. The Morgan fingerprint density at radius 3 is 1.36 bits per heavy atom. The zero-order valence-corrected chi connectivity index (χ0v) is 9.73. The summed E-state index contributed by atoms with van der Waals surface area (Å²) >= 11 is 0. The van der Waals surface area contributed by atoms with Gasteiger partial charge in [-0.15, -0.1) is 0 Å². The predicted molar refractivity (Wildman–Crippen MR) is 66.5 cm³/mol. The third-order valence-corrected chi connectivity index (χ3v) is 5.19. The fourth-order valence-electron chi connectivity index (χ4n) is 1.27. The molecular formula is C12H12PS+. The van der Waals surface area contributed by atoms with Crippen molar-refractivity contribution in [3.63, 3.8) is 0 Å². The van der Waals surface area contributed by atoms with Crippen LogP contribution < -0.4 is 0 Å². The van der Waals surface area contributed by atoms with E-state index in [0.717, 1.165) is 0 Å². The minimum Gasteiger partial charge on any atom is -0.0619 e. The average molecular weight is 219 g/mol. The second-order valence-corrected chi connectivity index (χ2v) is 6.00. The van der Waals surface area contributed by atoms with E-state index in [4.69, 9.17) is 0 Å². The SMILES string of the molecule is P[S+](c1ccccc1)c1ccccc1. The van der Waals surface area contributed by atoms with Crippen LogP contribution in [-0.4, -0.2) is 0 Å². The van der Waals surface area contributed by atoms with E-state index in [1.807, 2.05) is 0 Å². The standard InChI is InChI=1S/C12H12PS/c13-14(11-7-3-1-4-8-11)12-9-5-2-6-10-12/h1-10H,13H2/q+1. The fraction of sp³-hybridized carbons (Fsp3) is 0. The molecule has 2 heteroatoms. The molecule has 2 aromatic rings. The van der Waals surface area contributed by atoms with Crippen molar-refractivity contribution in [2.75, 3.05) is 0 Å². The maximum atomic E-state index is 2.91. The molecular weight excluding hydrogens is 207 g/mol. The van der Waals surface area contributed by atoms with Crippen LogP contribution in [0.1, 0.15) is 0 Å². The monoisotopic (exact) mass is 219 g/mol. The topological polar surface area (TPSA) is 0 Å². The predicted octanol–water partition coefficient (Wildman–Crippen LogP) is 3.51. The van der Waals surface area contributed by atoms with Crippen LogP contribution in [0.15, 0.2) is 70.5 Å². The highest BCUT2D eigenvalue weighted by Crippen LogP contribution is 2.28. The van der Waals surface area contributed by atoms with Crippen molar-refractivity contribution >= 4 is 19.0 Å². The van der Waals surface area contributed by atoms with Gasteiger partial charge in [0.1, 0.15) is 8.44 Å². The lowest BCUT2D eigenvalue weighted by atomic mass is 10.4. The minimum absolute atomic E-state index is 0.120. The molecule has 0 bridgehead atoms. The Labute approximate surface area is 89.7 Å². The Balaban J connectivity index is 2.30. The molecule has 0 saturated carbocycles. The summed E-state index contributed by atoms with van der Waals surface area (Å²) in [6, 6.07) is 21.1. The molecule has 1 atom stereocenters. The molecule has 0 spiro atoms. The summed E-state index contributed by atoms with van der Waals surface area (Å²) in [6.45, 7) is 0. The van der Waals surface area contributed by atoms with Gasteiger partial charge in [-0.05, 0) is 24.3 Å². The molecule has 0 aliphatic carbocycles. The lowest BCUT2D eigenvalue weighted by Crippen LogP contribution is -1.92. The maximum Gasteiger partial charge on any atom is 0.162 e. The van der Waals surface area contributed by atoms with Crippen LogP contribution in [0.5, 0.6) is 0 Å². The largest absolute Gasteiger partial charge is 0.162 e. The van der Waals surface area contributed by atoms with Crippen LogP contribution in [0.2, 0.25) is 0 Å². The normalized spacial score (nSPS) is 10.4. The molecule has 0 aliphatic heterocycles. The van der Waals surface area contributed by atoms with Crippen molar-refractivity contribution in [3.05, 3.63) is 60.7 Å². The van der Waals surface area contributed by atoms with E-state index in [0.29, 0.717) is 0 Å². The van der Waals surface area contributed by atoms with Crippen molar-refractivity contribution in [1.82, 2.24) is 0 Å². The van der Waals surface area contributed by atoms with Crippen LogP contribution in [0.3, 0.4) is 0 Å². The van der Waals surface area contributed by atoms with Gasteiger partial charge in [-0.25, -0.2) is 0 Å². The van der Waals surface area contributed by atoms with Crippen molar-refractivity contribution in [2.45, 2.75) is 9.79 Å². The van der Waals surface area contributed by atoms with Gasteiger partial charge in [-0.2, -0.15) is 0 Å². The van der Waals surface area contributed by atoms with Gasteiger partial charge < -0.3 is 0 Å². The Morgan fingerprint density at radius 2 is 1.00 bits per heavy atom. The number of hydrogen-bond donors (Lipinski definition) is 0. The molecule has 0 aliphatic rings. The van der Waals surface area contributed by atoms with E-state index in [1.165, 1.54) is 9.79 Å². The molecule has 0 N–H and O–H groups in total. The Kier molecular flexibility index (Phi) is 3.23. The van der Waals surface area contributed by atoms with Crippen molar-refractivity contribution in [1.29, 1.82) is 0 Å². The second-order valence-electron chi connectivity index (χ2n) is 2.96. The molecule has 70 valence electrons. The highest BCUT2D eigenvalue weighted by atomic mass is 32.7. The average Bonchev–Trinajstić information content (AvgIpc) is 2.30. The molecule has 0 heterocycles. The molecule has 2 aromatic carbocycles. The number of hydrogen-bond acceptors (Lipinski definition) is 0. The molecule has 0 saturated heterocycles. The van der Waals surface area contributed by atoms with Gasteiger partial charge in [0.05, 0.1) is 10.5 Å². The molecule has 2 rings (SSSR count). The van der Waals surface area contributed by atoms with E-state index in [9.17, 15) is 0 Å². The van der Waals surface area contributed by atoms with E-state index in [-0.39, 0.29) is 10.5 Å². The van der Waals surface area contributed by atoms with Crippen LogP contribution >= 0.6 is 8.44 Å². The fourth-order valence-corrected chi connectivity index (χ4v) is 3.39. The van der Waals surface area contributed by atoms with E-state index in [1.54, 1.807) is 0 Å². The van der Waals surface area contributed by atoms with Gasteiger partial charge in [0.15, 0.2) is 9.79 Å². The van der Waals surface area contributed by atoms with E-state index >= 15 is 0 Å². The summed E-state index contributed by atoms with van der Waals surface area (Å²) in [5, 5.41) is 0. The van der Waals surface area contributed by atoms with Crippen LogP contribution in [0, 0.1) is 0 Å². The summed E-state index contributed by atoms with van der Waals surface area (Å²) in [4.78, 5) is 2.73. The van der Waals surface area contributed by atoms with Gasteiger partial charge in [-0.3, -0.25) is 0 Å². The van der Waals surface area contributed by atoms with Crippen molar-refractivity contribution in [2.24, 2.45) is 0 Å². The lowest BCUT2D eigenvalue weighted by Gasteiger charge is -2.00. The third kappa shape index (κ3) is 2.17. The van der Waals surface area contributed by atoms with E-state index < -0.39 is 0 Å². The summed E-state index contributed by atoms with van der Waals surface area (Å²) in [7, 11) is 3.03. The number of benzene rings is 2. The van der Waals surface area contributed by atoms with Gasteiger partial charge in [0.2, 0.25) is 0 Å². The Hall–Kier alpha value is -0.780. The summed E-state index contributed by atoms with van der Waals surface area (Å²) in [5.74, 6) is 0. The van der Waals surface area contributed by atoms with Crippen LogP contribution in [-0.2, 0) is 10.5 Å². The Morgan fingerprint density at radius 1 is 0.643 bits per heavy atom. The molecule has 0 radical (unpaired) electrons. The summed E-state index contributed by atoms with van der Waals surface area (Å²) in [6.07, 6.45) is 0. The number of rotatable bonds is 2. The quantitative estimate of drug-likeness (QED) is 0.535.